The van der Waals surface area contributed by atoms with Crippen molar-refractivity contribution in [3.63, 3.8) is 0 Å². The Labute approximate surface area is 219 Å². The van der Waals surface area contributed by atoms with Crippen LogP contribution in [0.15, 0.2) is 52.6 Å². The van der Waals surface area contributed by atoms with Crippen molar-refractivity contribution >= 4 is 16.5 Å². The third kappa shape index (κ3) is 6.11. The molecule has 0 saturated carbocycles. The van der Waals surface area contributed by atoms with E-state index in [2.05, 4.69) is 20.4 Å². The minimum Gasteiger partial charge on any atom is -0.394 e. The van der Waals surface area contributed by atoms with Gasteiger partial charge in [0.15, 0.2) is 5.82 Å². The number of H-pyrrole nitrogens is 1. The number of hydrogen-bond acceptors (Lipinski definition) is 7. The Bertz CT molecular complexity index is 1620. The summed E-state index contributed by atoms with van der Waals surface area (Å²) in [7, 11) is 0. The van der Waals surface area contributed by atoms with Crippen LogP contribution in [0.4, 0.5) is 36.4 Å². The van der Waals surface area contributed by atoms with Crippen LogP contribution in [0.25, 0.3) is 22.2 Å². The highest BCUT2D eigenvalue weighted by Crippen LogP contribution is 2.32. The quantitative estimate of drug-likeness (QED) is 0.260. The standard InChI is InChI=1S/C24H19F7N6O3/c25-13(4-14(10-38)35-18-8-34-36-22(39)19(18)24(29,30)31)9-37-2-1-11-3-16(17(26)5-15(11)23(37)40)21-32-6-12(7-33-21)20(27)28/h1-3,5-8,13-14,20,38H,4,9-10H2,(H2,35,36,39). The number of nitrogens with one attached hydrogen (secondary N) is 2. The molecule has 1 aromatic carbocycles. The number of halogens is 7. The highest BCUT2D eigenvalue weighted by molar-refractivity contribution is 5.86. The first-order chi connectivity index (χ1) is 18.9. The lowest BCUT2D eigenvalue weighted by atomic mass is 10.1. The molecule has 0 aliphatic rings. The molecule has 9 nitrogen and oxygen atoms in total. The Kier molecular flexibility index (Phi) is 8.18. The molecule has 0 spiro atoms. The van der Waals surface area contributed by atoms with E-state index >= 15 is 0 Å². The summed E-state index contributed by atoms with van der Waals surface area (Å²) in [5.74, 6) is -1.12. The van der Waals surface area contributed by atoms with E-state index in [1.54, 1.807) is 5.10 Å². The molecular weight excluding hydrogens is 553 g/mol. The molecule has 0 bridgehead atoms. The van der Waals surface area contributed by atoms with E-state index in [1.807, 2.05) is 0 Å². The van der Waals surface area contributed by atoms with Crippen LogP contribution < -0.4 is 16.4 Å². The summed E-state index contributed by atoms with van der Waals surface area (Å²) in [4.78, 5) is 32.0. The van der Waals surface area contributed by atoms with Gasteiger partial charge in [-0.05, 0) is 23.6 Å². The van der Waals surface area contributed by atoms with Gasteiger partial charge in [-0.2, -0.15) is 18.3 Å². The summed E-state index contributed by atoms with van der Waals surface area (Å²) in [6, 6.07) is 2.20. The van der Waals surface area contributed by atoms with E-state index in [-0.39, 0.29) is 22.2 Å². The number of hydrogen-bond donors (Lipinski definition) is 3. The molecule has 0 aliphatic carbocycles. The summed E-state index contributed by atoms with van der Waals surface area (Å²) in [5.41, 5.74) is -5.28. The number of aromatic amines is 1. The van der Waals surface area contributed by atoms with Crippen LogP contribution >= 0.6 is 0 Å². The molecule has 16 heteroatoms. The number of rotatable bonds is 9. The Balaban J connectivity index is 1.53. The van der Waals surface area contributed by atoms with Gasteiger partial charge in [-0.15, -0.1) is 0 Å². The van der Waals surface area contributed by atoms with E-state index in [1.165, 1.54) is 18.3 Å². The SMILES string of the molecule is O=c1[nH]ncc(NC(CO)CC(F)Cn2ccc3cc(-c4ncc(C(F)F)cn4)c(F)cc3c2=O)c1C(F)(F)F. The van der Waals surface area contributed by atoms with Crippen molar-refractivity contribution in [2.24, 2.45) is 0 Å². The lowest BCUT2D eigenvalue weighted by Gasteiger charge is -2.22. The van der Waals surface area contributed by atoms with Gasteiger partial charge in [0, 0.05) is 25.0 Å². The van der Waals surface area contributed by atoms with Crippen LogP contribution in [-0.4, -0.2) is 48.7 Å². The van der Waals surface area contributed by atoms with E-state index in [9.17, 15) is 45.4 Å². The lowest BCUT2D eigenvalue weighted by molar-refractivity contribution is -0.138. The van der Waals surface area contributed by atoms with Gasteiger partial charge in [0.2, 0.25) is 0 Å². The molecule has 3 aromatic heterocycles. The first-order valence-electron chi connectivity index (χ1n) is 11.5. The number of aliphatic hydroxyl groups excluding tert-OH is 1. The third-order valence-electron chi connectivity index (χ3n) is 5.88. The summed E-state index contributed by atoms with van der Waals surface area (Å²) in [6.07, 6.45) is -6.71. The van der Waals surface area contributed by atoms with Crippen molar-refractivity contribution in [2.45, 2.75) is 37.8 Å². The summed E-state index contributed by atoms with van der Waals surface area (Å²) < 4.78 is 95.9. The Hall–Kier alpha value is -4.34. The van der Waals surface area contributed by atoms with Gasteiger partial charge in [0.25, 0.3) is 17.5 Å². The maximum Gasteiger partial charge on any atom is 0.423 e. The van der Waals surface area contributed by atoms with Gasteiger partial charge in [0.05, 0.1) is 47.6 Å². The number of nitrogens with zero attached hydrogens (tertiary/aromatic N) is 4. The van der Waals surface area contributed by atoms with Gasteiger partial charge >= 0.3 is 6.18 Å². The van der Waals surface area contributed by atoms with Crippen molar-refractivity contribution in [1.29, 1.82) is 0 Å². The number of anilines is 1. The van der Waals surface area contributed by atoms with Crippen LogP contribution in [0, 0.1) is 5.82 Å². The fourth-order valence-corrected chi connectivity index (χ4v) is 4.00. The van der Waals surface area contributed by atoms with Crippen molar-refractivity contribution in [2.75, 3.05) is 11.9 Å². The van der Waals surface area contributed by atoms with Gasteiger partial charge in [-0.25, -0.2) is 32.6 Å². The first kappa shape index (κ1) is 28.7. The molecule has 0 fully saturated rings. The van der Waals surface area contributed by atoms with Crippen molar-refractivity contribution in [3.8, 4) is 11.4 Å². The number of pyridine rings is 1. The fourth-order valence-electron chi connectivity index (χ4n) is 4.00. The molecule has 3 heterocycles. The second-order valence-electron chi connectivity index (χ2n) is 8.68. The predicted octanol–water partition coefficient (Wildman–Crippen LogP) is 3.84. The highest BCUT2D eigenvalue weighted by atomic mass is 19.4. The predicted molar refractivity (Wildman–Crippen MR) is 128 cm³/mol. The number of fused-ring (bicyclic) bond motifs is 1. The number of alkyl halides is 6. The number of aromatic nitrogens is 5. The molecule has 3 N–H and O–H groups in total. The third-order valence-corrected chi connectivity index (χ3v) is 5.88. The number of benzene rings is 1. The van der Waals surface area contributed by atoms with Crippen molar-refractivity contribution in [3.05, 3.63) is 80.6 Å². The molecule has 4 rings (SSSR count). The normalized spacial score (nSPS) is 13.5. The molecule has 212 valence electrons. The molecule has 0 saturated heterocycles. The fraction of sp³-hybridized carbons (Fsp3) is 0.292. The molecule has 0 radical (unpaired) electrons. The van der Waals surface area contributed by atoms with Gasteiger partial charge in [-0.3, -0.25) is 9.59 Å². The van der Waals surface area contributed by atoms with Crippen molar-refractivity contribution < 1.29 is 35.8 Å². The average molecular weight is 572 g/mol. The van der Waals surface area contributed by atoms with Gasteiger partial charge < -0.3 is 15.0 Å². The van der Waals surface area contributed by atoms with E-state index < -0.39 is 78.1 Å². The molecule has 4 aromatic rings. The van der Waals surface area contributed by atoms with Crippen molar-refractivity contribution in [1.82, 2.24) is 24.7 Å². The maximum absolute atomic E-state index is 14.9. The van der Waals surface area contributed by atoms with Crippen LogP contribution in [0.1, 0.15) is 24.0 Å². The summed E-state index contributed by atoms with van der Waals surface area (Å²) >= 11 is 0. The Morgan fingerprint density at radius 2 is 1.77 bits per heavy atom. The van der Waals surface area contributed by atoms with Gasteiger partial charge in [-0.1, -0.05) is 0 Å². The first-order valence-corrected chi connectivity index (χ1v) is 11.5. The smallest absolute Gasteiger partial charge is 0.394 e. The van der Waals surface area contributed by atoms with Crippen LogP contribution in [0.5, 0.6) is 0 Å². The van der Waals surface area contributed by atoms with E-state index in [0.29, 0.717) is 6.20 Å². The summed E-state index contributed by atoms with van der Waals surface area (Å²) in [5, 5.41) is 16.9. The minimum absolute atomic E-state index is 0.138. The largest absolute Gasteiger partial charge is 0.423 e. The zero-order valence-electron chi connectivity index (χ0n) is 20.1. The zero-order chi connectivity index (χ0) is 29.2. The second kappa shape index (κ2) is 11.4. The molecular formula is C24H19F7N6O3. The number of aliphatic hydroxyl groups is 1. The van der Waals surface area contributed by atoms with Crippen LogP contribution in [0.3, 0.4) is 0 Å². The molecule has 2 atom stereocenters. The minimum atomic E-state index is -5.05. The maximum atomic E-state index is 14.9. The Morgan fingerprint density at radius 1 is 1.07 bits per heavy atom. The molecule has 2 unspecified atom stereocenters. The van der Waals surface area contributed by atoms with Crippen LogP contribution in [-0.2, 0) is 12.7 Å². The topological polar surface area (TPSA) is 126 Å². The van der Waals surface area contributed by atoms with E-state index in [4.69, 9.17) is 0 Å². The molecule has 0 amide bonds. The Morgan fingerprint density at radius 3 is 2.40 bits per heavy atom. The second-order valence-corrected chi connectivity index (χ2v) is 8.68. The van der Waals surface area contributed by atoms with Gasteiger partial charge in [0.1, 0.15) is 17.6 Å². The summed E-state index contributed by atoms with van der Waals surface area (Å²) in [6.45, 7) is -1.40. The molecule has 0 aliphatic heterocycles. The monoisotopic (exact) mass is 572 g/mol. The zero-order valence-corrected chi connectivity index (χ0v) is 20.1. The highest BCUT2D eigenvalue weighted by Gasteiger charge is 2.38. The average Bonchev–Trinajstić information content (AvgIpc) is 2.89. The lowest BCUT2D eigenvalue weighted by Crippen LogP contribution is -2.33. The molecule has 40 heavy (non-hydrogen) atoms. The van der Waals surface area contributed by atoms with Crippen LogP contribution in [0.2, 0.25) is 0 Å². The van der Waals surface area contributed by atoms with E-state index in [0.717, 1.165) is 23.0 Å².